The first kappa shape index (κ1) is 11.9. The molecule has 1 aromatic rings. The molecule has 0 atom stereocenters. The standard InChI is InChI=1S/C10H12N2O4S/c1-17(14,15)11-5-7-2-3-9-8(4-7)12-10(13)6-16-9/h2-4,11H,5-6H2,1H3,(H,12,13). The average Bonchev–Trinajstić information content (AvgIpc) is 2.24. The largest absolute Gasteiger partial charge is 0.482 e. The zero-order chi connectivity index (χ0) is 12.5. The minimum absolute atomic E-state index is 0.00787. The van der Waals surface area contributed by atoms with Crippen LogP contribution in [0.3, 0.4) is 0 Å². The Labute approximate surface area is 99.0 Å². The van der Waals surface area contributed by atoms with Gasteiger partial charge in [-0.2, -0.15) is 0 Å². The molecule has 2 rings (SSSR count). The third-order valence-corrected chi connectivity index (χ3v) is 2.88. The number of ether oxygens (including phenoxy) is 1. The lowest BCUT2D eigenvalue weighted by atomic mass is 10.1. The van der Waals surface area contributed by atoms with Crippen molar-refractivity contribution in [3.8, 4) is 5.75 Å². The van der Waals surface area contributed by atoms with Crippen molar-refractivity contribution in [3.05, 3.63) is 23.8 Å². The molecule has 0 unspecified atom stereocenters. The van der Waals surface area contributed by atoms with Crippen molar-refractivity contribution < 1.29 is 17.9 Å². The van der Waals surface area contributed by atoms with Gasteiger partial charge in [0.25, 0.3) is 5.91 Å². The minimum atomic E-state index is -3.22. The molecule has 17 heavy (non-hydrogen) atoms. The maximum absolute atomic E-state index is 11.1. The highest BCUT2D eigenvalue weighted by Crippen LogP contribution is 2.28. The molecule has 0 fully saturated rings. The normalized spacial score (nSPS) is 14.8. The highest BCUT2D eigenvalue weighted by Gasteiger charge is 2.15. The molecule has 0 saturated heterocycles. The Morgan fingerprint density at radius 2 is 2.24 bits per heavy atom. The maximum atomic E-state index is 11.1. The van der Waals surface area contributed by atoms with Crippen molar-refractivity contribution in [3.63, 3.8) is 0 Å². The van der Waals surface area contributed by atoms with Crippen molar-refractivity contribution >= 4 is 21.6 Å². The van der Waals surface area contributed by atoms with Gasteiger partial charge in [0, 0.05) is 6.54 Å². The molecule has 0 radical (unpaired) electrons. The number of anilines is 1. The molecule has 0 spiro atoms. The van der Waals surface area contributed by atoms with Crippen LogP contribution in [0, 0.1) is 0 Å². The number of hydrogen-bond acceptors (Lipinski definition) is 4. The number of carbonyl (C=O) groups excluding carboxylic acids is 1. The van der Waals surface area contributed by atoms with Crippen molar-refractivity contribution in [2.45, 2.75) is 6.54 Å². The van der Waals surface area contributed by atoms with E-state index in [1.807, 2.05) is 0 Å². The lowest BCUT2D eigenvalue weighted by Gasteiger charge is -2.18. The van der Waals surface area contributed by atoms with E-state index in [4.69, 9.17) is 4.74 Å². The fourth-order valence-corrected chi connectivity index (χ4v) is 1.88. The van der Waals surface area contributed by atoms with E-state index < -0.39 is 10.0 Å². The molecule has 1 amide bonds. The second kappa shape index (κ2) is 4.34. The molecule has 7 heteroatoms. The van der Waals surface area contributed by atoms with Crippen LogP contribution in [0.4, 0.5) is 5.69 Å². The van der Waals surface area contributed by atoms with Crippen LogP contribution in [0.25, 0.3) is 0 Å². The van der Waals surface area contributed by atoms with Crippen molar-refractivity contribution in [1.29, 1.82) is 0 Å². The number of benzene rings is 1. The molecular formula is C10H12N2O4S. The number of sulfonamides is 1. The molecule has 0 saturated carbocycles. The topological polar surface area (TPSA) is 84.5 Å². The van der Waals surface area contributed by atoms with Gasteiger partial charge in [-0.15, -0.1) is 0 Å². The summed E-state index contributed by atoms with van der Waals surface area (Å²) in [6.45, 7) is 0.190. The van der Waals surface area contributed by atoms with Gasteiger partial charge in [0.15, 0.2) is 6.61 Å². The third-order valence-electron chi connectivity index (χ3n) is 2.22. The van der Waals surface area contributed by atoms with E-state index in [0.29, 0.717) is 11.4 Å². The molecule has 2 N–H and O–H groups in total. The Hall–Kier alpha value is -1.60. The van der Waals surface area contributed by atoms with Gasteiger partial charge in [0.05, 0.1) is 11.9 Å². The van der Waals surface area contributed by atoms with E-state index in [1.165, 1.54) is 0 Å². The smallest absolute Gasteiger partial charge is 0.262 e. The summed E-state index contributed by atoms with van der Waals surface area (Å²) in [6, 6.07) is 5.13. The number of fused-ring (bicyclic) bond motifs is 1. The van der Waals surface area contributed by atoms with Crippen LogP contribution in [0.1, 0.15) is 5.56 Å². The maximum Gasteiger partial charge on any atom is 0.262 e. The van der Waals surface area contributed by atoms with E-state index >= 15 is 0 Å². The molecule has 0 aliphatic carbocycles. The first-order valence-corrected chi connectivity index (χ1v) is 6.83. The summed E-state index contributed by atoms with van der Waals surface area (Å²) >= 11 is 0. The summed E-state index contributed by atoms with van der Waals surface area (Å²) < 4.78 is 29.4. The summed E-state index contributed by atoms with van der Waals surface area (Å²) in [5, 5.41) is 2.66. The second-order valence-electron chi connectivity index (χ2n) is 3.76. The Kier molecular flexibility index (Phi) is 3.03. The van der Waals surface area contributed by atoms with Gasteiger partial charge < -0.3 is 10.1 Å². The van der Waals surface area contributed by atoms with Gasteiger partial charge in [-0.1, -0.05) is 6.07 Å². The molecule has 6 nitrogen and oxygen atoms in total. The van der Waals surface area contributed by atoms with Crippen LogP contribution < -0.4 is 14.8 Å². The van der Waals surface area contributed by atoms with Crippen molar-refractivity contribution in [1.82, 2.24) is 4.72 Å². The number of rotatable bonds is 3. The first-order valence-electron chi connectivity index (χ1n) is 4.94. The minimum Gasteiger partial charge on any atom is -0.482 e. The molecule has 1 heterocycles. The van der Waals surface area contributed by atoms with Gasteiger partial charge >= 0.3 is 0 Å². The molecule has 0 bridgehead atoms. The van der Waals surface area contributed by atoms with Crippen molar-refractivity contribution in [2.75, 3.05) is 18.2 Å². The molecule has 1 aromatic carbocycles. The van der Waals surface area contributed by atoms with Gasteiger partial charge in [-0.3, -0.25) is 4.79 Å². The molecular weight excluding hydrogens is 244 g/mol. The van der Waals surface area contributed by atoms with E-state index in [1.54, 1.807) is 18.2 Å². The first-order chi connectivity index (χ1) is 7.94. The summed E-state index contributed by atoms with van der Waals surface area (Å²) in [4.78, 5) is 11.1. The number of nitrogens with one attached hydrogen (secondary N) is 2. The molecule has 92 valence electrons. The summed E-state index contributed by atoms with van der Waals surface area (Å²) in [5.41, 5.74) is 1.31. The molecule has 1 aliphatic heterocycles. The Morgan fingerprint density at radius 1 is 1.47 bits per heavy atom. The Morgan fingerprint density at radius 3 is 2.94 bits per heavy atom. The van der Waals surface area contributed by atoms with Crippen LogP contribution in [0.15, 0.2) is 18.2 Å². The van der Waals surface area contributed by atoms with Crippen molar-refractivity contribution in [2.24, 2.45) is 0 Å². The number of amides is 1. The van der Waals surface area contributed by atoms with Gasteiger partial charge in [-0.25, -0.2) is 13.1 Å². The van der Waals surface area contributed by atoms with Crippen LogP contribution in [-0.2, 0) is 21.4 Å². The lowest BCUT2D eigenvalue weighted by molar-refractivity contribution is -0.118. The quantitative estimate of drug-likeness (QED) is 0.801. The summed E-state index contributed by atoms with van der Waals surface area (Å²) in [6.07, 6.45) is 1.09. The van der Waals surface area contributed by atoms with E-state index in [2.05, 4.69) is 10.0 Å². The highest BCUT2D eigenvalue weighted by atomic mass is 32.2. The van der Waals surface area contributed by atoms with Crippen LogP contribution in [0.2, 0.25) is 0 Å². The second-order valence-corrected chi connectivity index (χ2v) is 5.59. The molecule has 1 aliphatic rings. The van der Waals surface area contributed by atoms with E-state index in [0.717, 1.165) is 11.8 Å². The van der Waals surface area contributed by atoms with Gasteiger partial charge in [0.1, 0.15) is 5.75 Å². The lowest BCUT2D eigenvalue weighted by Crippen LogP contribution is -2.26. The van der Waals surface area contributed by atoms with E-state index in [9.17, 15) is 13.2 Å². The van der Waals surface area contributed by atoms with Crippen LogP contribution in [0.5, 0.6) is 5.75 Å². The number of hydrogen-bond donors (Lipinski definition) is 2. The van der Waals surface area contributed by atoms with Gasteiger partial charge in [0.2, 0.25) is 10.0 Å². The zero-order valence-corrected chi connectivity index (χ0v) is 10.0. The van der Waals surface area contributed by atoms with Crippen LogP contribution in [-0.4, -0.2) is 27.2 Å². The van der Waals surface area contributed by atoms with E-state index in [-0.39, 0.29) is 19.1 Å². The van der Waals surface area contributed by atoms with Gasteiger partial charge in [-0.05, 0) is 17.7 Å². The Balaban J connectivity index is 2.16. The fourth-order valence-electron chi connectivity index (χ4n) is 1.45. The summed E-state index contributed by atoms with van der Waals surface area (Å²) in [7, 11) is -3.22. The highest BCUT2D eigenvalue weighted by molar-refractivity contribution is 7.88. The third kappa shape index (κ3) is 3.18. The molecule has 0 aromatic heterocycles. The van der Waals surface area contributed by atoms with Crippen LogP contribution >= 0.6 is 0 Å². The predicted octanol–water partition coefficient (Wildman–Crippen LogP) is 0.0667. The summed E-state index contributed by atoms with van der Waals surface area (Å²) in [5.74, 6) is 0.374. The Bertz CT molecular complexity index is 553. The number of carbonyl (C=O) groups is 1. The zero-order valence-electron chi connectivity index (χ0n) is 9.19. The monoisotopic (exact) mass is 256 g/mol. The fraction of sp³-hybridized carbons (Fsp3) is 0.300. The average molecular weight is 256 g/mol. The predicted molar refractivity (Wildman–Crippen MR) is 62.3 cm³/mol. The SMILES string of the molecule is CS(=O)(=O)NCc1ccc2c(c1)NC(=O)CO2.